The molecule has 0 aliphatic carbocycles. The third-order valence-corrected chi connectivity index (χ3v) is 6.24. The number of hydrogen-bond donors (Lipinski definition) is 1. The lowest BCUT2D eigenvalue weighted by Gasteiger charge is -2.24. The monoisotopic (exact) mass is 351 g/mol. The van der Waals surface area contributed by atoms with E-state index in [0.29, 0.717) is 13.0 Å². The van der Waals surface area contributed by atoms with Crippen LogP contribution in [0.5, 0.6) is 0 Å². The standard InChI is InChI=1S/C16H21N3O2S2/c20-23(21,12-8-14-5-2-1-3-6-14)18-13-15-7-4-10-19(15)16-17-9-11-22-16/h1-3,5-6,9,11,15,18H,4,7-8,10,12-13H2. The summed E-state index contributed by atoms with van der Waals surface area (Å²) in [6, 6.07) is 9.91. The Morgan fingerprint density at radius 3 is 2.87 bits per heavy atom. The summed E-state index contributed by atoms with van der Waals surface area (Å²) >= 11 is 1.60. The van der Waals surface area contributed by atoms with Gasteiger partial charge in [-0.15, -0.1) is 11.3 Å². The van der Waals surface area contributed by atoms with E-state index in [0.717, 1.165) is 30.1 Å². The molecule has 2 aromatic rings. The summed E-state index contributed by atoms with van der Waals surface area (Å²) in [4.78, 5) is 6.55. The van der Waals surface area contributed by atoms with E-state index in [4.69, 9.17) is 0 Å². The smallest absolute Gasteiger partial charge is 0.211 e. The maximum Gasteiger partial charge on any atom is 0.211 e. The first kappa shape index (κ1) is 16.4. The van der Waals surface area contributed by atoms with Crippen molar-refractivity contribution in [1.29, 1.82) is 0 Å². The Hall–Kier alpha value is -1.44. The van der Waals surface area contributed by atoms with Crippen LogP contribution < -0.4 is 9.62 Å². The highest BCUT2D eigenvalue weighted by Crippen LogP contribution is 2.26. The van der Waals surface area contributed by atoms with Crippen LogP contribution in [0.2, 0.25) is 0 Å². The fraction of sp³-hybridized carbons (Fsp3) is 0.438. The molecule has 124 valence electrons. The minimum Gasteiger partial charge on any atom is -0.344 e. The van der Waals surface area contributed by atoms with Gasteiger partial charge in [0.15, 0.2) is 5.13 Å². The molecule has 2 heterocycles. The Bertz CT molecular complexity index is 702. The van der Waals surface area contributed by atoms with Crippen molar-refractivity contribution in [2.24, 2.45) is 0 Å². The van der Waals surface area contributed by atoms with Gasteiger partial charge in [-0.3, -0.25) is 0 Å². The SMILES string of the molecule is O=S(=O)(CCc1ccccc1)NCC1CCCN1c1nccs1. The summed E-state index contributed by atoms with van der Waals surface area (Å²) in [5.74, 6) is 0.126. The molecule has 0 radical (unpaired) electrons. The van der Waals surface area contributed by atoms with E-state index in [-0.39, 0.29) is 11.8 Å². The number of anilines is 1. The van der Waals surface area contributed by atoms with E-state index >= 15 is 0 Å². The average molecular weight is 351 g/mol. The van der Waals surface area contributed by atoms with Crippen molar-refractivity contribution in [3.8, 4) is 0 Å². The molecule has 5 nitrogen and oxygen atoms in total. The average Bonchev–Trinajstić information content (AvgIpc) is 3.23. The lowest BCUT2D eigenvalue weighted by molar-refractivity contribution is 0.566. The van der Waals surface area contributed by atoms with Gasteiger partial charge in [0.1, 0.15) is 0 Å². The van der Waals surface area contributed by atoms with Crippen LogP contribution in [0, 0.1) is 0 Å². The van der Waals surface area contributed by atoms with Gasteiger partial charge in [-0.1, -0.05) is 30.3 Å². The molecule has 1 aromatic carbocycles. The fourth-order valence-electron chi connectivity index (χ4n) is 2.85. The lowest BCUT2D eigenvalue weighted by Crippen LogP contribution is -2.41. The molecule has 23 heavy (non-hydrogen) atoms. The molecule has 1 aliphatic rings. The van der Waals surface area contributed by atoms with E-state index in [1.54, 1.807) is 17.5 Å². The first-order chi connectivity index (χ1) is 11.1. The molecule has 1 unspecified atom stereocenters. The predicted molar refractivity (Wildman–Crippen MR) is 94.4 cm³/mol. The van der Waals surface area contributed by atoms with Gasteiger partial charge in [0.2, 0.25) is 10.0 Å². The van der Waals surface area contributed by atoms with E-state index in [2.05, 4.69) is 14.6 Å². The Labute approximate surface area is 141 Å². The number of sulfonamides is 1. The zero-order valence-electron chi connectivity index (χ0n) is 12.9. The second-order valence-electron chi connectivity index (χ2n) is 5.71. The van der Waals surface area contributed by atoms with Crippen molar-refractivity contribution in [2.45, 2.75) is 25.3 Å². The molecule has 3 rings (SSSR count). The largest absolute Gasteiger partial charge is 0.344 e. The van der Waals surface area contributed by atoms with Crippen molar-refractivity contribution in [3.63, 3.8) is 0 Å². The van der Waals surface area contributed by atoms with Crippen LogP contribution in [0.15, 0.2) is 41.9 Å². The molecular weight excluding hydrogens is 330 g/mol. The second kappa shape index (κ2) is 7.42. The maximum atomic E-state index is 12.2. The topological polar surface area (TPSA) is 62.3 Å². The summed E-state index contributed by atoms with van der Waals surface area (Å²) in [6.45, 7) is 1.40. The Morgan fingerprint density at radius 2 is 2.13 bits per heavy atom. The zero-order valence-corrected chi connectivity index (χ0v) is 14.5. The van der Waals surface area contributed by atoms with E-state index in [1.165, 1.54) is 0 Å². The summed E-state index contributed by atoms with van der Waals surface area (Å²) in [5.41, 5.74) is 1.04. The Balaban J connectivity index is 1.52. The summed E-state index contributed by atoms with van der Waals surface area (Å²) in [5, 5.41) is 2.94. The van der Waals surface area contributed by atoms with Crippen LogP contribution in [0.3, 0.4) is 0 Å². The van der Waals surface area contributed by atoms with Crippen molar-refractivity contribution in [3.05, 3.63) is 47.5 Å². The van der Waals surface area contributed by atoms with Crippen molar-refractivity contribution < 1.29 is 8.42 Å². The molecule has 1 saturated heterocycles. The number of aryl methyl sites for hydroxylation is 1. The first-order valence-electron chi connectivity index (χ1n) is 7.81. The second-order valence-corrected chi connectivity index (χ2v) is 8.51. The van der Waals surface area contributed by atoms with Crippen LogP contribution in [-0.2, 0) is 16.4 Å². The van der Waals surface area contributed by atoms with E-state index < -0.39 is 10.0 Å². The Morgan fingerprint density at radius 1 is 1.30 bits per heavy atom. The number of benzene rings is 1. The van der Waals surface area contributed by atoms with Crippen molar-refractivity contribution in [1.82, 2.24) is 9.71 Å². The number of rotatable bonds is 7. The minimum absolute atomic E-state index is 0.126. The number of hydrogen-bond acceptors (Lipinski definition) is 5. The van der Waals surface area contributed by atoms with E-state index in [1.807, 2.05) is 35.7 Å². The van der Waals surface area contributed by atoms with Crippen molar-refractivity contribution in [2.75, 3.05) is 23.7 Å². The van der Waals surface area contributed by atoms with Crippen LogP contribution >= 0.6 is 11.3 Å². The predicted octanol–water partition coefficient (Wildman–Crippen LogP) is 2.27. The van der Waals surface area contributed by atoms with Crippen LogP contribution in [0.25, 0.3) is 0 Å². The third-order valence-electron chi connectivity index (χ3n) is 4.08. The molecule has 1 aromatic heterocycles. The number of aromatic nitrogens is 1. The number of thiazole rings is 1. The van der Waals surface area contributed by atoms with Crippen LogP contribution in [0.4, 0.5) is 5.13 Å². The van der Waals surface area contributed by atoms with Gasteiger partial charge >= 0.3 is 0 Å². The van der Waals surface area contributed by atoms with Gasteiger partial charge in [0.25, 0.3) is 0 Å². The van der Waals surface area contributed by atoms with Crippen LogP contribution in [-0.4, -0.2) is 38.3 Å². The van der Waals surface area contributed by atoms with Gasteiger partial charge < -0.3 is 4.90 Å². The molecule has 1 N–H and O–H groups in total. The number of nitrogens with zero attached hydrogens (tertiary/aromatic N) is 2. The maximum absolute atomic E-state index is 12.2. The molecule has 0 saturated carbocycles. The molecule has 7 heteroatoms. The highest BCUT2D eigenvalue weighted by molar-refractivity contribution is 7.89. The van der Waals surface area contributed by atoms with Crippen LogP contribution in [0.1, 0.15) is 18.4 Å². The summed E-state index contributed by atoms with van der Waals surface area (Å²) < 4.78 is 27.2. The van der Waals surface area contributed by atoms with Gasteiger partial charge in [0.05, 0.1) is 5.75 Å². The molecule has 1 fully saturated rings. The van der Waals surface area contributed by atoms with E-state index in [9.17, 15) is 8.42 Å². The van der Waals surface area contributed by atoms with Gasteiger partial charge in [-0.2, -0.15) is 0 Å². The highest BCUT2D eigenvalue weighted by Gasteiger charge is 2.27. The third kappa shape index (κ3) is 4.53. The molecule has 0 bridgehead atoms. The lowest BCUT2D eigenvalue weighted by atomic mass is 10.2. The first-order valence-corrected chi connectivity index (χ1v) is 10.3. The molecule has 0 spiro atoms. The molecule has 1 atom stereocenters. The normalized spacial score (nSPS) is 18.4. The zero-order chi connectivity index (χ0) is 16.1. The van der Waals surface area contributed by atoms with Gasteiger partial charge in [-0.25, -0.2) is 18.1 Å². The molecular formula is C16H21N3O2S2. The highest BCUT2D eigenvalue weighted by atomic mass is 32.2. The quantitative estimate of drug-likeness (QED) is 0.831. The van der Waals surface area contributed by atoms with Crippen molar-refractivity contribution >= 4 is 26.5 Å². The number of nitrogens with one attached hydrogen (secondary N) is 1. The Kier molecular flexibility index (Phi) is 5.30. The molecule has 1 aliphatic heterocycles. The minimum atomic E-state index is -3.25. The van der Waals surface area contributed by atoms with Gasteiger partial charge in [-0.05, 0) is 24.8 Å². The molecule has 0 amide bonds. The summed E-state index contributed by atoms with van der Waals surface area (Å²) in [6.07, 6.45) is 4.41. The summed E-state index contributed by atoms with van der Waals surface area (Å²) in [7, 11) is -3.25. The fourth-order valence-corrected chi connectivity index (χ4v) is 4.69. The van der Waals surface area contributed by atoms with Gasteiger partial charge in [0, 0.05) is 30.7 Å².